The third-order valence-electron chi connectivity index (χ3n) is 3.97. The Hall–Kier alpha value is -2.78. The van der Waals surface area contributed by atoms with Gasteiger partial charge in [0.1, 0.15) is 11.6 Å². The Balaban J connectivity index is 1.86. The normalized spacial score (nSPS) is 11.8. The average molecular weight is 365 g/mol. The lowest BCUT2D eigenvalue weighted by molar-refractivity contribution is 0.242. The molecule has 4 heteroatoms. The van der Waals surface area contributed by atoms with Crippen LogP contribution in [0.5, 0.6) is 5.75 Å². The van der Waals surface area contributed by atoms with E-state index in [1.54, 1.807) is 0 Å². The van der Waals surface area contributed by atoms with Crippen LogP contribution in [0, 0.1) is 5.41 Å². The zero-order chi connectivity index (χ0) is 18.7. The summed E-state index contributed by atoms with van der Waals surface area (Å²) in [5.41, 5.74) is 8.22. The van der Waals surface area contributed by atoms with Crippen LogP contribution in [0.15, 0.2) is 60.7 Å². The topological polar surface area (TPSA) is 59.1 Å². The van der Waals surface area contributed by atoms with Crippen molar-refractivity contribution in [2.75, 3.05) is 0 Å². The molecule has 0 saturated carbocycles. The number of ether oxygens (including phenoxy) is 1. The fourth-order valence-electron chi connectivity index (χ4n) is 2.71. The van der Waals surface area contributed by atoms with Gasteiger partial charge in [0.2, 0.25) is 0 Å². The maximum Gasteiger partial charge on any atom is 0.122 e. The average Bonchev–Trinajstić information content (AvgIpc) is 2.62. The molecule has 0 saturated heterocycles. The van der Waals surface area contributed by atoms with Crippen LogP contribution in [0.3, 0.4) is 0 Å². The molecule has 0 bridgehead atoms. The van der Waals surface area contributed by atoms with E-state index in [1.807, 2.05) is 80.6 Å². The van der Waals surface area contributed by atoms with Gasteiger partial charge in [0, 0.05) is 10.6 Å². The fraction of sp³-hybridized carbons (Fsp3) is 0.136. The lowest BCUT2D eigenvalue weighted by atomic mass is 10.0. The number of nitrogens with two attached hydrogens (primary N) is 1. The van der Waals surface area contributed by atoms with Gasteiger partial charge in [-0.2, -0.15) is 0 Å². The van der Waals surface area contributed by atoms with Gasteiger partial charge in [-0.1, -0.05) is 48.0 Å². The Morgan fingerprint density at radius 3 is 2.12 bits per heavy atom. The molecule has 0 aliphatic rings. The van der Waals surface area contributed by atoms with Crippen LogP contribution >= 0.6 is 11.6 Å². The number of amidine groups is 1. The molecular formula is C22H21ClN2O. The summed E-state index contributed by atoms with van der Waals surface area (Å²) in [6.07, 6.45) is 2.09. The van der Waals surface area contributed by atoms with Gasteiger partial charge in [0.05, 0.1) is 6.10 Å². The SMILES string of the molecule is CC(C)Oc1ccc(/C=C(\Cl)c2ccc3cc(C(=N)N)ccc3c2)cc1. The van der Waals surface area contributed by atoms with Crippen molar-refractivity contribution in [2.24, 2.45) is 5.73 Å². The minimum absolute atomic E-state index is 0.0683. The molecule has 0 heterocycles. The second-order valence-electron chi connectivity index (χ2n) is 6.42. The highest BCUT2D eigenvalue weighted by molar-refractivity contribution is 6.51. The van der Waals surface area contributed by atoms with E-state index < -0.39 is 0 Å². The second kappa shape index (κ2) is 7.63. The molecule has 3 N–H and O–H groups in total. The van der Waals surface area contributed by atoms with Gasteiger partial charge in [-0.15, -0.1) is 0 Å². The van der Waals surface area contributed by atoms with Crippen molar-refractivity contribution >= 4 is 39.3 Å². The molecule has 3 aromatic rings. The number of nitrogens with one attached hydrogen (secondary N) is 1. The summed E-state index contributed by atoms with van der Waals surface area (Å²) in [4.78, 5) is 0. The highest BCUT2D eigenvalue weighted by Gasteiger charge is 2.04. The van der Waals surface area contributed by atoms with Crippen molar-refractivity contribution < 1.29 is 4.74 Å². The number of nitrogen functional groups attached to an aromatic ring is 1. The van der Waals surface area contributed by atoms with E-state index in [0.717, 1.165) is 33.2 Å². The Morgan fingerprint density at radius 1 is 0.962 bits per heavy atom. The maximum atomic E-state index is 7.54. The molecule has 132 valence electrons. The predicted octanol–water partition coefficient (Wildman–Crippen LogP) is 5.65. The quantitative estimate of drug-likeness (QED) is 0.349. The van der Waals surface area contributed by atoms with E-state index >= 15 is 0 Å². The van der Waals surface area contributed by atoms with E-state index in [9.17, 15) is 0 Å². The van der Waals surface area contributed by atoms with Gasteiger partial charge in [0.25, 0.3) is 0 Å². The molecule has 0 unspecified atom stereocenters. The van der Waals surface area contributed by atoms with Crippen LogP contribution in [0.2, 0.25) is 0 Å². The Morgan fingerprint density at radius 2 is 1.54 bits per heavy atom. The lowest BCUT2D eigenvalue weighted by Gasteiger charge is -2.09. The molecule has 0 atom stereocenters. The molecule has 0 aromatic heterocycles. The number of hydrogen-bond donors (Lipinski definition) is 2. The van der Waals surface area contributed by atoms with Gasteiger partial charge in [0.15, 0.2) is 0 Å². The number of hydrogen-bond acceptors (Lipinski definition) is 2. The van der Waals surface area contributed by atoms with Crippen molar-refractivity contribution in [2.45, 2.75) is 20.0 Å². The van der Waals surface area contributed by atoms with E-state index in [2.05, 4.69) is 0 Å². The van der Waals surface area contributed by atoms with Gasteiger partial charge in [-0.05, 0) is 66.1 Å². The molecule has 0 aliphatic heterocycles. The minimum atomic E-state index is 0.0683. The van der Waals surface area contributed by atoms with E-state index in [0.29, 0.717) is 5.03 Å². The summed E-state index contributed by atoms with van der Waals surface area (Å²) in [7, 11) is 0. The standard InChI is InChI=1S/C22H21ClN2O/c1-14(2)26-20-9-3-15(4-10-20)11-21(23)18-7-5-17-13-19(22(24)25)8-6-16(17)12-18/h3-14H,1-2H3,(H3,24,25)/b21-11-. The van der Waals surface area contributed by atoms with Gasteiger partial charge >= 0.3 is 0 Å². The molecule has 0 spiro atoms. The molecule has 0 radical (unpaired) electrons. The molecule has 3 nitrogen and oxygen atoms in total. The molecule has 26 heavy (non-hydrogen) atoms. The first kappa shape index (κ1) is 18.0. The third-order valence-corrected chi connectivity index (χ3v) is 4.30. The van der Waals surface area contributed by atoms with Crippen molar-refractivity contribution in [3.8, 4) is 5.75 Å². The summed E-state index contributed by atoms with van der Waals surface area (Å²) in [5.74, 6) is 0.916. The highest BCUT2D eigenvalue weighted by Crippen LogP contribution is 2.27. The molecule has 0 amide bonds. The predicted molar refractivity (Wildman–Crippen MR) is 111 cm³/mol. The Bertz CT molecular complexity index is 975. The molecule has 0 aliphatic carbocycles. The zero-order valence-electron chi connectivity index (χ0n) is 14.8. The minimum Gasteiger partial charge on any atom is -0.491 e. The van der Waals surface area contributed by atoms with Crippen LogP contribution in [-0.4, -0.2) is 11.9 Å². The van der Waals surface area contributed by atoms with Crippen LogP contribution in [-0.2, 0) is 0 Å². The molecular weight excluding hydrogens is 344 g/mol. The Kier molecular flexibility index (Phi) is 5.29. The summed E-state index contributed by atoms with van der Waals surface area (Å²) < 4.78 is 5.66. The number of halogens is 1. The van der Waals surface area contributed by atoms with Crippen molar-refractivity contribution in [1.82, 2.24) is 0 Å². The third kappa shape index (κ3) is 4.24. The smallest absolute Gasteiger partial charge is 0.122 e. The highest BCUT2D eigenvalue weighted by atomic mass is 35.5. The first-order valence-electron chi connectivity index (χ1n) is 8.45. The fourth-order valence-corrected chi connectivity index (χ4v) is 2.95. The van der Waals surface area contributed by atoms with Crippen molar-refractivity contribution in [3.05, 3.63) is 77.4 Å². The summed E-state index contributed by atoms with van der Waals surface area (Å²) in [5, 5.41) is 10.3. The molecule has 3 aromatic carbocycles. The maximum absolute atomic E-state index is 7.54. The summed E-state index contributed by atoms with van der Waals surface area (Å²) in [6, 6.07) is 19.6. The van der Waals surface area contributed by atoms with Gasteiger partial charge < -0.3 is 10.5 Å². The van der Waals surface area contributed by atoms with Crippen LogP contribution < -0.4 is 10.5 Å². The monoisotopic (exact) mass is 364 g/mol. The van der Waals surface area contributed by atoms with Crippen molar-refractivity contribution in [1.29, 1.82) is 5.41 Å². The molecule has 0 fully saturated rings. The van der Waals surface area contributed by atoms with Crippen LogP contribution in [0.25, 0.3) is 21.9 Å². The van der Waals surface area contributed by atoms with E-state index in [4.69, 9.17) is 27.5 Å². The first-order chi connectivity index (χ1) is 12.4. The van der Waals surface area contributed by atoms with Crippen LogP contribution in [0.1, 0.15) is 30.5 Å². The number of rotatable bonds is 5. The van der Waals surface area contributed by atoms with Crippen LogP contribution in [0.4, 0.5) is 0 Å². The zero-order valence-corrected chi connectivity index (χ0v) is 15.5. The first-order valence-corrected chi connectivity index (χ1v) is 8.82. The number of benzene rings is 3. The summed E-state index contributed by atoms with van der Waals surface area (Å²) >= 11 is 6.52. The number of fused-ring (bicyclic) bond motifs is 1. The Labute approximate surface area is 158 Å². The van der Waals surface area contributed by atoms with E-state index in [-0.39, 0.29) is 11.9 Å². The van der Waals surface area contributed by atoms with Gasteiger partial charge in [-0.25, -0.2) is 0 Å². The second-order valence-corrected chi connectivity index (χ2v) is 6.83. The molecule has 3 rings (SSSR count). The van der Waals surface area contributed by atoms with E-state index in [1.165, 1.54) is 0 Å². The lowest BCUT2D eigenvalue weighted by Crippen LogP contribution is -2.10. The van der Waals surface area contributed by atoms with Crippen molar-refractivity contribution in [3.63, 3.8) is 0 Å². The largest absolute Gasteiger partial charge is 0.491 e. The van der Waals surface area contributed by atoms with Gasteiger partial charge in [-0.3, -0.25) is 5.41 Å². The summed E-state index contributed by atoms with van der Waals surface area (Å²) in [6.45, 7) is 4.01.